The van der Waals surface area contributed by atoms with Crippen LogP contribution in [-0.2, 0) is 11.2 Å². The number of carbonyl (C=O) groups is 1. The summed E-state index contributed by atoms with van der Waals surface area (Å²) in [5, 5.41) is 5.68. The number of hydrogen-bond donors (Lipinski definition) is 3. The third-order valence-electron chi connectivity index (χ3n) is 3.48. The zero-order valence-corrected chi connectivity index (χ0v) is 15.2. The fourth-order valence-corrected chi connectivity index (χ4v) is 3.47. The highest BCUT2D eigenvalue weighted by Crippen LogP contribution is 2.29. The lowest BCUT2D eigenvalue weighted by atomic mass is 10.1. The lowest BCUT2D eigenvalue weighted by molar-refractivity contribution is -0.132. The number of nitrogens with two attached hydrogens (primary N) is 2. The van der Waals surface area contributed by atoms with Crippen LogP contribution in [-0.4, -0.2) is 28.0 Å². The van der Waals surface area contributed by atoms with Crippen molar-refractivity contribution in [2.45, 2.75) is 12.6 Å². The van der Waals surface area contributed by atoms with Gasteiger partial charge in [0.1, 0.15) is 5.82 Å². The number of aliphatic imine (C=N–C) groups is 1. The van der Waals surface area contributed by atoms with Crippen LogP contribution in [0.1, 0.15) is 11.3 Å². The molecule has 2 aromatic rings. The zero-order valence-electron chi connectivity index (χ0n) is 12.8. The van der Waals surface area contributed by atoms with Crippen molar-refractivity contribution in [2.75, 3.05) is 0 Å². The van der Waals surface area contributed by atoms with E-state index in [1.807, 2.05) is 0 Å². The van der Waals surface area contributed by atoms with E-state index in [1.54, 1.807) is 23.0 Å². The molecule has 25 heavy (non-hydrogen) atoms. The van der Waals surface area contributed by atoms with E-state index in [2.05, 4.69) is 31.2 Å². The summed E-state index contributed by atoms with van der Waals surface area (Å²) in [6.45, 7) is 0. The van der Waals surface area contributed by atoms with Gasteiger partial charge in [0.05, 0.1) is 27.8 Å². The van der Waals surface area contributed by atoms with Gasteiger partial charge in [-0.05, 0) is 45.8 Å². The molecular formula is C15H14BrFN6OS. The number of nitrogens with one attached hydrogen (secondary N) is 1. The first kappa shape index (κ1) is 17.5. The topological polar surface area (TPSA) is 110 Å². The van der Waals surface area contributed by atoms with Gasteiger partial charge in [-0.1, -0.05) is 0 Å². The zero-order chi connectivity index (χ0) is 18.0. The maximum Gasteiger partial charge on any atom is 0.244 e. The number of aromatic nitrogens is 1. The number of rotatable bonds is 4. The van der Waals surface area contributed by atoms with Crippen molar-refractivity contribution >= 4 is 44.8 Å². The summed E-state index contributed by atoms with van der Waals surface area (Å²) in [5.41, 5.74) is 9.35. The Morgan fingerprint density at radius 2 is 2.12 bits per heavy atom. The Balaban J connectivity index is 1.87. The third kappa shape index (κ3) is 3.86. The van der Waals surface area contributed by atoms with Gasteiger partial charge < -0.3 is 11.1 Å². The van der Waals surface area contributed by atoms with Crippen molar-refractivity contribution in [1.29, 1.82) is 0 Å². The Kier molecular flexibility index (Phi) is 5.11. The van der Waals surface area contributed by atoms with Crippen molar-refractivity contribution in [3.05, 3.63) is 56.7 Å². The molecule has 1 amide bonds. The van der Waals surface area contributed by atoms with E-state index in [1.165, 1.54) is 23.5 Å². The van der Waals surface area contributed by atoms with E-state index in [-0.39, 0.29) is 24.1 Å². The monoisotopic (exact) mass is 424 g/mol. The number of benzene rings is 1. The first-order valence-electron chi connectivity index (χ1n) is 7.15. The second kappa shape index (κ2) is 7.30. The molecule has 5 N–H and O–H groups in total. The van der Waals surface area contributed by atoms with Crippen LogP contribution in [0.2, 0.25) is 0 Å². The Morgan fingerprint density at radius 3 is 2.76 bits per heavy atom. The normalized spacial score (nSPS) is 17.1. The molecule has 130 valence electrons. The summed E-state index contributed by atoms with van der Waals surface area (Å²) in [6, 6.07) is 5.84. The minimum atomic E-state index is -0.826. The molecule has 1 aromatic heterocycles. The van der Waals surface area contributed by atoms with Crippen molar-refractivity contribution in [1.82, 2.24) is 15.3 Å². The van der Waals surface area contributed by atoms with Gasteiger partial charge in [-0.2, -0.15) is 0 Å². The molecule has 1 aliphatic rings. The maximum absolute atomic E-state index is 13.1. The first-order chi connectivity index (χ1) is 12.0. The van der Waals surface area contributed by atoms with E-state index in [0.717, 1.165) is 5.01 Å². The van der Waals surface area contributed by atoms with Crippen LogP contribution in [0.3, 0.4) is 0 Å². The van der Waals surface area contributed by atoms with Crippen LogP contribution in [0.5, 0.6) is 0 Å². The first-order valence-corrected chi connectivity index (χ1v) is 8.89. The van der Waals surface area contributed by atoms with Crippen molar-refractivity contribution < 1.29 is 9.18 Å². The number of nitrogens with zero attached hydrogens (tertiary/aromatic N) is 3. The number of hydrazine groups is 1. The summed E-state index contributed by atoms with van der Waals surface area (Å²) in [6.07, 6.45) is -0.765. The highest BCUT2D eigenvalue weighted by atomic mass is 79.9. The molecule has 0 radical (unpaired) electrons. The predicted molar refractivity (Wildman–Crippen MR) is 97.6 cm³/mol. The van der Waals surface area contributed by atoms with Crippen LogP contribution in [0.25, 0.3) is 5.70 Å². The maximum atomic E-state index is 13.1. The molecule has 7 nitrogen and oxygen atoms in total. The molecular weight excluding hydrogens is 411 g/mol. The fraction of sp³-hybridized carbons (Fsp3) is 0.133. The van der Waals surface area contributed by atoms with E-state index >= 15 is 0 Å². The summed E-state index contributed by atoms with van der Waals surface area (Å²) >= 11 is 4.82. The summed E-state index contributed by atoms with van der Waals surface area (Å²) in [7, 11) is 0. The molecule has 0 aliphatic carbocycles. The second-order valence-electron chi connectivity index (χ2n) is 5.20. The number of carbonyl (C=O) groups excluding carboxylic acids is 1. The lowest BCUT2D eigenvalue weighted by Crippen LogP contribution is -2.50. The summed E-state index contributed by atoms with van der Waals surface area (Å²) < 4.78 is 13.7. The van der Waals surface area contributed by atoms with Crippen molar-refractivity contribution in [3.63, 3.8) is 0 Å². The SMILES string of the molecule is NC1=NC(N(N)C(=O)Cc2cscn2)C(Br)=C(c2ccc(F)cc2)N1. The van der Waals surface area contributed by atoms with E-state index in [4.69, 9.17) is 11.6 Å². The number of guanidine groups is 1. The minimum Gasteiger partial charge on any atom is -0.370 e. The average Bonchev–Trinajstić information content (AvgIpc) is 3.09. The number of amides is 1. The molecule has 0 bridgehead atoms. The standard InChI is InChI=1S/C15H14BrFN6OS/c16-12-13(8-1-3-9(17)4-2-8)21-15(18)22-14(12)23(19)11(24)5-10-6-25-7-20-10/h1-4,6-7,14H,5,19H2,(H3,18,21,22). The van der Waals surface area contributed by atoms with Gasteiger partial charge in [0.15, 0.2) is 12.1 Å². The molecule has 0 saturated carbocycles. The van der Waals surface area contributed by atoms with Crippen LogP contribution in [0, 0.1) is 5.82 Å². The Labute approximate surface area is 155 Å². The minimum absolute atomic E-state index is 0.0610. The van der Waals surface area contributed by atoms with Gasteiger partial charge in [-0.15, -0.1) is 11.3 Å². The summed E-state index contributed by atoms with van der Waals surface area (Å²) in [4.78, 5) is 20.6. The fourth-order valence-electron chi connectivity index (χ4n) is 2.26. The van der Waals surface area contributed by atoms with Crippen LogP contribution in [0.15, 0.2) is 44.6 Å². The Bertz CT molecular complexity index is 836. The number of hydrogen-bond acceptors (Lipinski definition) is 7. The van der Waals surface area contributed by atoms with Crippen molar-refractivity contribution in [3.8, 4) is 0 Å². The van der Waals surface area contributed by atoms with Gasteiger partial charge in [-0.25, -0.2) is 20.2 Å². The molecule has 0 fully saturated rings. The van der Waals surface area contributed by atoms with E-state index in [9.17, 15) is 9.18 Å². The van der Waals surface area contributed by atoms with Gasteiger partial charge in [0.2, 0.25) is 5.91 Å². The quantitative estimate of drug-likeness (QED) is 0.391. The Hall–Kier alpha value is -2.30. The molecule has 1 aliphatic heterocycles. The number of thiazole rings is 1. The van der Waals surface area contributed by atoms with E-state index in [0.29, 0.717) is 21.4 Å². The Morgan fingerprint density at radius 1 is 1.40 bits per heavy atom. The van der Waals surface area contributed by atoms with Crippen LogP contribution in [0.4, 0.5) is 4.39 Å². The molecule has 1 atom stereocenters. The van der Waals surface area contributed by atoms with Gasteiger partial charge in [0, 0.05) is 5.38 Å². The second-order valence-corrected chi connectivity index (χ2v) is 6.77. The van der Waals surface area contributed by atoms with Gasteiger partial charge >= 0.3 is 0 Å². The molecule has 3 rings (SSSR count). The number of halogens is 2. The molecule has 2 heterocycles. The van der Waals surface area contributed by atoms with Gasteiger partial charge in [-0.3, -0.25) is 9.80 Å². The predicted octanol–water partition coefficient (Wildman–Crippen LogP) is 1.53. The summed E-state index contributed by atoms with van der Waals surface area (Å²) in [5.74, 6) is 5.36. The lowest BCUT2D eigenvalue weighted by Gasteiger charge is -2.29. The molecule has 1 unspecified atom stereocenters. The average molecular weight is 425 g/mol. The molecule has 0 saturated heterocycles. The molecule has 1 aromatic carbocycles. The van der Waals surface area contributed by atoms with Gasteiger partial charge in [0.25, 0.3) is 0 Å². The molecule has 10 heteroatoms. The van der Waals surface area contributed by atoms with Crippen LogP contribution < -0.4 is 16.9 Å². The highest BCUT2D eigenvalue weighted by Gasteiger charge is 2.29. The molecule has 0 spiro atoms. The third-order valence-corrected chi connectivity index (χ3v) is 4.92. The smallest absolute Gasteiger partial charge is 0.244 e. The largest absolute Gasteiger partial charge is 0.370 e. The van der Waals surface area contributed by atoms with E-state index < -0.39 is 6.17 Å². The van der Waals surface area contributed by atoms with Crippen molar-refractivity contribution in [2.24, 2.45) is 16.6 Å². The van der Waals surface area contributed by atoms with Crippen LogP contribution >= 0.6 is 27.3 Å². The highest BCUT2D eigenvalue weighted by molar-refractivity contribution is 9.11.